The van der Waals surface area contributed by atoms with Gasteiger partial charge in [0.1, 0.15) is 4.83 Å². The molecule has 0 atom stereocenters. The number of hydrogen-bond donors (Lipinski definition) is 2. The molecule has 2 heterocycles. The SMILES string of the molecule is Cc1nn(C2CCCCC2)c2sc(C(=O)NCCN(C)C[SH](=O)=O)cc12.Cl. The number of thiophene rings is 1. The monoisotopic (exact) mass is 434 g/mol. The van der Waals surface area contributed by atoms with E-state index in [4.69, 9.17) is 5.10 Å². The van der Waals surface area contributed by atoms with E-state index in [1.807, 2.05) is 13.0 Å². The second kappa shape index (κ2) is 9.86. The highest BCUT2D eigenvalue weighted by Crippen LogP contribution is 2.35. The summed E-state index contributed by atoms with van der Waals surface area (Å²) in [6, 6.07) is 2.37. The average Bonchev–Trinajstić information content (AvgIpc) is 3.16. The second-order valence-corrected chi connectivity index (χ2v) is 8.94. The molecule has 27 heavy (non-hydrogen) atoms. The van der Waals surface area contributed by atoms with Crippen LogP contribution in [0.15, 0.2) is 6.07 Å². The van der Waals surface area contributed by atoms with Gasteiger partial charge in [-0.15, -0.1) is 23.7 Å². The number of fused-ring (bicyclic) bond motifs is 1. The van der Waals surface area contributed by atoms with Crippen molar-refractivity contribution < 1.29 is 13.2 Å². The Bertz CT molecular complexity index is 848. The Morgan fingerprint density at radius 2 is 2.07 bits per heavy atom. The van der Waals surface area contributed by atoms with E-state index in [0.29, 0.717) is 24.0 Å². The molecule has 0 unspecified atom stereocenters. The first-order chi connectivity index (χ1) is 12.5. The van der Waals surface area contributed by atoms with Gasteiger partial charge in [-0.3, -0.25) is 14.4 Å². The molecule has 0 bridgehead atoms. The van der Waals surface area contributed by atoms with Gasteiger partial charge in [-0.05, 0) is 32.9 Å². The summed E-state index contributed by atoms with van der Waals surface area (Å²) >= 11 is 1.49. The van der Waals surface area contributed by atoms with Crippen molar-refractivity contribution in [1.29, 1.82) is 0 Å². The first-order valence-corrected chi connectivity index (χ1v) is 11.2. The summed E-state index contributed by atoms with van der Waals surface area (Å²) in [5.74, 6) is -0.106. The summed E-state index contributed by atoms with van der Waals surface area (Å²) in [5, 5.41) is 8.65. The minimum Gasteiger partial charge on any atom is -0.350 e. The Hall–Kier alpha value is -1.16. The minimum absolute atomic E-state index is 0. The van der Waals surface area contributed by atoms with Gasteiger partial charge in [0.05, 0.1) is 22.5 Å². The van der Waals surface area contributed by atoms with Crippen LogP contribution in [-0.4, -0.2) is 55.0 Å². The average molecular weight is 435 g/mol. The van der Waals surface area contributed by atoms with E-state index in [0.717, 1.165) is 28.8 Å². The van der Waals surface area contributed by atoms with Gasteiger partial charge >= 0.3 is 0 Å². The molecule has 0 saturated heterocycles. The molecule has 152 valence electrons. The van der Waals surface area contributed by atoms with Crippen molar-refractivity contribution in [2.45, 2.75) is 45.1 Å². The maximum absolute atomic E-state index is 12.4. The Morgan fingerprint density at radius 1 is 1.37 bits per heavy atom. The first-order valence-electron chi connectivity index (χ1n) is 9.03. The molecule has 1 amide bonds. The lowest BCUT2D eigenvalue weighted by Gasteiger charge is -2.22. The summed E-state index contributed by atoms with van der Waals surface area (Å²) in [5.41, 5.74) is 0.972. The fraction of sp³-hybridized carbons (Fsp3) is 0.647. The van der Waals surface area contributed by atoms with Gasteiger partial charge in [0.25, 0.3) is 5.91 Å². The molecule has 1 N–H and O–H groups in total. The number of halogens is 1. The molecule has 1 aliphatic carbocycles. The minimum atomic E-state index is -2.43. The molecule has 1 saturated carbocycles. The normalized spacial score (nSPS) is 15.4. The maximum atomic E-state index is 12.4. The number of hydrogen-bond acceptors (Lipinski definition) is 6. The summed E-state index contributed by atoms with van der Waals surface area (Å²) in [6.45, 7) is 2.91. The summed E-state index contributed by atoms with van der Waals surface area (Å²) in [6.07, 6.45) is 6.10. The molecule has 0 aromatic carbocycles. The van der Waals surface area contributed by atoms with E-state index in [9.17, 15) is 13.2 Å². The molecular weight excluding hydrogens is 408 g/mol. The lowest BCUT2D eigenvalue weighted by molar-refractivity contribution is 0.0955. The second-order valence-electron chi connectivity index (χ2n) is 6.96. The molecule has 1 aliphatic rings. The third-order valence-corrected chi connectivity index (χ3v) is 6.69. The van der Waals surface area contributed by atoms with Crippen LogP contribution in [0.25, 0.3) is 10.2 Å². The van der Waals surface area contributed by atoms with Crippen LogP contribution < -0.4 is 5.32 Å². The molecule has 1 fully saturated rings. The number of aryl methyl sites for hydroxylation is 1. The van der Waals surface area contributed by atoms with E-state index < -0.39 is 10.7 Å². The highest BCUT2D eigenvalue weighted by molar-refractivity contribution is 7.72. The van der Waals surface area contributed by atoms with E-state index in [1.165, 1.54) is 30.6 Å². The van der Waals surface area contributed by atoms with Crippen molar-refractivity contribution in [3.8, 4) is 0 Å². The predicted octanol–water partition coefficient (Wildman–Crippen LogP) is 2.56. The Morgan fingerprint density at radius 3 is 2.74 bits per heavy atom. The smallest absolute Gasteiger partial charge is 0.261 e. The van der Waals surface area contributed by atoms with E-state index in [2.05, 4.69) is 10.00 Å². The Balaban J connectivity index is 0.00000261. The molecule has 2 aromatic rings. The number of nitrogens with one attached hydrogen (secondary N) is 1. The number of nitrogens with zero attached hydrogens (tertiary/aromatic N) is 3. The van der Waals surface area contributed by atoms with Crippen molar-refractivity contribution in [2.75, 3.05) is 26.0 Å². The van der Waals surface area contributed by atoms with Crippen LogP contribution >= 0.6 is 23.7 Å². The number of rotatable bonds is 7. The third kappa shape index (κ3) is 5.43. The number of likely N-dealkylation sites (N-methyl/N-ethyl adjacent to an activating group) is 1. The first kappa shape index (κ1) is 22.1. The van der Waals surface area contributed by atoms with Gasteiger partial charge in [0.2, 0.25) is 0 Å². The predicted molar refractivity (Wildman–Crippen MR) is 112 cm³/mol. The zero-order valence-electron chi connectivity index (χ0n) is 15.6. The van der Waals surface area contributed by atoms with Crippen LogP contribution in [0.5, 0.6) is 0 Å². The Labute approximate surface area is 171 Å². The highest BCUT2D eigenvalue weighted by atomic mass is 35.5. The van der Waals surface area contributed by atoms with E-state index in [-0.39, 0.29) is 24.2 Å². The summed E-state index contributed by atoms with van der Waals surface area (Å²) in [4.78, 5) is 15.9. The van der Waals surface area contributed by atoms with Gasteiger partial charge in [0, 0.05) is 18.5 Å². The van der Waals surface area contributed by atoms with Crippen LogP contribution in [0.2, 0.25) is 0 Å². The molecule has 0 radical (unpaired) electrons. The summed E-state index contributed by atoms with van der Waals surface area (Å²) in [7, 11) is -0.710. The molecule has 2 aromatic heterocycles. The highest BCUT2D eigenvalue weighted by Gasteiger charge is 2.22. The number of aromatic nitrogens is 2. The van der Waals surface area contributed by atoms with Crippen molar-refractivity contribution in [1.82, 2.24) is 20.0 Å². The topological polar surface area (TPSA) is 84.3 Å². The lowest BCUT2D eigenvalue weighted by Crippen LogP contribution is -2.33. The number of carbonyl (C=O) groups is 1. The van der Waals surface area contributed by atoms with Crippen molar-refractivity contribution in [3.63, 3.8) is 0 Å². The summed E-state index contributed by atoms with van der Waals surface area (Å²) < 4.78 is 23.5. The zero-order valence-corrected chi connectivity index (χ0v) is 18.2. The molecule has 0 aliphatic heterocycles. The van der Waals surface area contributed by atoms with Gasteiger partial charge in [-0.2, -0.15) is 5.10 Å². The van der Waals surface area contributed by atoms with E-state index >= 15 is 0 Å². The number of thiol groups is 1. The molecule has 3 rings (SSSR count). The fourth-order valence-electron chi connectivity index (χ4n) is 3.47. The van der Waals surface area contributed by atoms with Gasteiger partial charge < -0.3 is 5.32 Å². The fourth-order valence-corrected chi connectivity index (χ4v) is 5.16. The van der Waals surface area contributed by atoms with Crippen LogP contribution in [0.1, 0.15) is 53.5 Å². The standard InChI is InChI=1S/C17H26N4O3S2.ClH/c1-12-14-10-15(16(22)18-8-9-20(2)11-26(23)24)25-17(14)21(19-12)13-6-4-3-5-7-13;/h10,13,26H,3-9,11H2,1-2H3,(H,18,22);1H. The largest absolute Gasteiger partial charge is 0.350 e. The quantitative estimate of drug-likeness (QED) is 0.654. The van der Waals surface area contributed by atoms with Gasteiger partial charge in [-0.1, -0.05) is 19.3 Å². The number of amides is 1. The van der Waals surface area contributed by atoms with Crippen LogP contribution in [0.3, 0.4) is 0 Å². The van der Waals surface area contributed by atoms with Gasteiger partial charge in [-0.25, -0.2) is 8.42 Å². The third-order valence-electron chi connectivity index (χ3n) is 4.85. The van der Waals surface area contributed by atoms with Crippen LogP contribution in [-0.2, 0) is 10.7 Å². The molecule has 10 heteroatoms. The Kier molecular flexibility index (Phi) is 8.08. The molecule has 7 nitrogen and oxygen atoms in total. The van der Waals surface area contributed by atoms with Crippen molar-refractivity contribution in [3.05, 3.63) is 16.6 Å². The lowest BCUT2D eigenvalue weighted by atomic mass is 9.96. The van der Waals surface area contributed by atoms with Gasteiger partial charge in [0.15, 0.2) is 10.7 Å². The number of carbonyl (C=O) groups excluding carboxylic acids is 1. The van der Waals surface area contributed by atoms with Crippen molar-refractivity contribution >= 4 is 50.6 Å². The van der Waals surface area contributed by atoms with Crippen LogP contribution in [0.4, 0.5) is 0 Å². The van der Waals surface area contributed by atoms with Crippen LogP contribution in [0, 0.1) is 6.92 Å². The zero-order chi connectivity index (χ0) is 18.7. The molecule has 0 spiro atoms. The maximum Gasteiger partial charge on any atom is 0.261 e. The van der Waals surface area contributed by atoms with E-state index in [1.54, 1.807) is 11.9 Å². The van der Waals surface area contributed by atoms with Crippen molar-refractivity contribution in [2.24, 2.45) is 0 Å². The molecular formula is C17H27ClN4O3S2.